The number of nitrogen functional groups attached to an aromatic ring is 1. The first-order chi connectivity index (χ1) is 20.9. The third-order valence-electron chi connectivity index (χ3n) is 6.94. The molecule has 0 bridgehead atoms. The van der Waals surface area contributed by atoms with Crippen molar-refractivity contribution in [1.29, 1.82) is 0 Å². The fourth-order valence-corrected chi connectivity index (χ4v) is 5.80. The van der Waals surface area contributed by atoms with Crippen molar-refractivity contribution >= 4 is 81.0 Å². The second-order valence-electron chi connectivity index (χ2n) is 9.70. The summed E-state index contributed by atoms with van der Waals surface area (Å²) in [6.45, 7) is 0. The first-order valence-electron chi connectivity index (χ1n) is 12.8. The van der Waals surface area contributed by atoms with Gasteiger partial charge in [0.05, 0.1) is 26.9 Å². The second-order valence-corrected chi connectivity index (χ2v) is 12.5. The Kier molecular flexibility index (Phi) is 7.05. The van der Waals surface area contributed by atoms with Gasteiger partial charge in [-0.2, -0.15) is 16.8 Å². The van der Waals surface area contributed by atoms with Crippen LogP contribution in [0.1, 0.15) is 0 Å². The number of azo groups is 2. The first-order valence-corrected chi connectivity index (χ1v) is 15.7. The van der Waals surface area contributed by atoms with E-state index in [1.807, 2.05) is 12.1 Å². The molecule has 5 N–H and O–H groups in total. The van der Waals surface area contributed by atoms with Gasteiger partial charge in [-0.15, -0.1) is 20.5 Å². The lowest BCUT2D eigenvalue weighted by molar-refractivity contribution is 0.477. The lowest BCUT2D eigenvalue weighted by Crippen LogP contribution is -1.98. The molecule has 0 aliphatic rings. The number of phenols is 1. The van der Waals surface area contributed by atoms with Crippen molar-refractivity contribution in [2.24, 2.45) is 20.5 Å². The predicted octanol–water partition coefficient (Wildman–Crippen LogP) is 7.76. The van der Waals surface area contributed by atoms with Gasteiger partial charge < -0.3 is 10.8 Å². The van der Waals surface area contributed by atoms with E-state index in [2.05, 4.69) is 20.5 Å². The fraction of sp³-hybridized carbons (Fsp3) is 0. The number of hydrogen-bond donors (Lipinski definition) is 4. The van der Waals surface area contributed by atoms with Gasteiger partial charge in [0.2, 0.25) is 0 Å². The highest BCUT2D eigenvalue weighted by atomic mass is 32.2. The number of aromatic hydroxyl groups is 1. The molecule has 0 saturated carbocycles. The van der Waals surface area contributed by atoms with Gasteiger partial charge >= 0.3 is 0 Å². The van der Waals surface area contributed by atoms with Gasteiger partial charge in [-0.25, -0.2) is 0 Å². The van der Waals surface area contributed by atoms with Gasteiger partial charge in [-0.1, -0.05) is 42.5 Å². The predicted molar refractivity (Wildman–Crippen MR) is 166 cm³/mol. The molecule has 6 rings (SSSR count). The minimum atomic E-state index is -4.46. The van der Waals surface area contributed by atoms with Crippen LogP contribution in [0, 0.1) is 0 Å². The summed E-state index contributed by atoms with van der Waals surface area (Å²) in [4.78, 5) is -0.594. The van der Waals surface area contributed by atoms with Crippen LogP contribution in [0.5, 0.6) is 5.75 Å². The summed E-state index contributed by atoms with van der Waals surface area (Å²) in [5.41, 5.74) is 7.82. The first kappa shape index (κ1) is 28.8. The number of rotatable bonds is 6. The van der Waals surface area contributed by atoms with Crippen LogP contribution in [0.25, 0.3) is 32.3 Å². The van der Waals surface area contributed by atoms with E-state index in [1.54, 1.807) is 36.4 Å². The number of nitrogens with two attached hydrogens (primary N) is 1. The Morgan fingerprint density at radius 2 is 1.05 bits per heavy atom. The normalized spacial score (nSPS) is 12.7. The number of nitrogens with zero attached hydrogens (tertiary/aromatic N) is 4. The Balaban J connectivity index is 1.41. The second kappa shape index (κ2) is 10.8. The smallest absolute Gasteiger partial charge is 0.294 e. The van der Waals surface area contributed by atoms with E-state index in [0.29, 0.717) is 55.1 Å². The molecule has 6 aromatic carbocycles. The number of benzene rings is 6. The molecule has 0 spiro atoms. The van der Waals surface area contributed by atoms with Gasteiger partial charge in [-0.3, -0.25) is 9.11 Å². The minimum absolute atomic E-state index is 0.108. The van der Waals surface area contributed by atoms with Gasteiger partial charge in [0.25, 0.3) is 20.2 Å². The molecule has 0 aromatic heterocycles. The number of anilines is 1. The zero-order chi connectivity index (χ0) is 31.2. The molecule has 0 saturated heterocycles. The molecule has 6 aromatic rings. The molecule has 12 nitrogen and oxygen atoms in total. The van der Waals surface area contributed by atoms with Crippen molar-refractivity contribution in [3.63, 3.8) is 0 Å². The van der Waals surface area contributed by atoms with Crippen molar-refractivity contribution < 1.29 is 31.0 Å². The van der Waals surface area contributed by atoms with Crippen LogP contribution in [0.4, 0.5) is 28.4 Å². The summed E-state index contributed by atoms with van der Waals surface area (Å²) in [5.74, 6) is -0.177. The summed E-state index contributed by atoms with van der Waals surface area (Å²) in [7, 11) is -8.87. The van der Waals surface area contributed by atoms with Crippen molar-refractivity contribution in [3.05, 3.63) is 97.1 Å². The molecule has 0 atom stereocenters. The molecule has 44 heavy (non-hydrogen) atoms. The molecule has 0 aliphatic heterocycles. The molecule has 220 valence electrons. The Morgan fingerprint density at radius 3 is 1.66 bits per heavy atom. The molecule has 0 fully saturated rings. The largest absolute Gasteiger partial charge is 0.506 e. The maximum absolute atomic E-state index is 11.7. The molecule has 0 amide bonds. The van der Waals surface area contributed by atoms with E-state index < -0.39 is 20.2 Å². The Morgan fingerprint density at radius 1 is 0.523 bits per heavy atom. The molecule has 0 heterocycles. The quantitative estimate of drug-likeness (QED) is 0.0813. The number of fused-ring (bicyclic) bond motifs is 3. The number of hydrogen-bond acceptors (Lipinski definition) is 10. The lowest BCUT2D eigenvalue weighted by atomic mass is 10.1. The van der Waals surface area contributed by atoms with Gasteiger partial charge in [0.1, 0.15) is 11.4 Å². The Hall–Kier alpha value is -5.28. The lowest BCUT2D eigenvalue weighted by Gasteiger charge is -2.08. The minimum Gasteiger partial charge on any atom is -0.506 e. The van der Waals surface area contributed by atoms with Crippen LogP contribution in [-0.2, 0) is 20.2 Å². The van der Waals surface area contributed by atoms with E-state index in [1.165, 1.54) is 48.5 Å². The van der Waals surface area contributed by atoms with Crippen molar-refractivity contribution in [2.45, 2.75) is 9.79 Å². The van der Waals surface area contributed by atoms with Crippen molar-refractivity contribution in [3.8, 4) is 5.75 Å². The van der Waals surface area contributed by atoms with E-state index in [4.69, 9.17) is 5.73 Å². The Labute approximate surface area is 250 Å². The van der Waals surface area contributed by atoms with E-state index >= 15 is 0 Å². The van der Waals surface area contributed by atoms with Crippen molar-refractivity contribution in [1.82, 2.24) is 0 Å². The average Bonchev–Trinajstić information content (AvgIpc) is 2.99. The molecular weight excluding hydrogens is 606 g/mol. The van der Waals surface area contributed by atoms with E-state index in [-0.39, 0.29) is 21.2 Å². The molecule has 0 aliphatic carbocycles. The zero-order valence-corrected chi connectivity index (χ0v) is 24.0. The molecular formula is C30H21N5O7S2. The Bertz CT molecular complexity index is 2430. The fourth-order valence-electron chi connectivity index (χ4n) is 4.78. The van der Waals surface area contributed by atoms with Crippen LogP contribution in [0.3, 0.4) is 0 Å². The summed E-state index contributed by atoms with van der Waals surface area (Å²) in [5, 5.41) is 31.0. The van der Waals surface area contributed by atoms with Crippen LogP contribution in [0.2, 0.25) is 0 Å². The molecule has 0 unspecified atom stereocenters. The maximum Gasteiger partial charge on any atom is 0.294 e. The molecule has 0 radical (unpaired) electrons. The van der Waals surface area contributed by atoms with Crippen LogP contribution >= 0.6 is 0 Å². The van der Waals surface area contributed by atoms with Gasteiger partial charge in [-0.05, 0) is 60.0 Å². The standard InChI is InChI=1S/C30H21N5O7S2/c31-25-10-11-28(24-16-19(44(40,41)42)7-9-21(24)25)33-32-26-12-13-27(23-4-2-1-3-22(23)26)34-35-30-20-8-6-18(43(37,38)39)15-17(20)5-14-29(30)36/h1-16,36H,31H2,(H,37,38,39)(H,40,41,42). The monoisotopic (exact) mass is 627 g/mol. The summed E-state index contributed by atoms with van der Waals surface area (Å²) in [6, 6.07) is 24.6. The summed E-state index contributed by atoms with van der Waals surface area (Å²) in [6.07, 6.45) is 0. The highest BCUT2D eigenvalue weighted by molar-refractivity contribution is 7.86. The van der Waals surface area contributed by atoms with Crippen LogP contribution in [0.15, 0.2) is 127 Å². The topological polar surface area (TPSA) is 204 Å². The molecule has 14 heteroatoms. The highest BCUT2D eigenvalue weighted by Crippen LogP contribution is 2.40. The van der Waals surface area contributed by atoms with Gasteiger partial charge in [0.15, 0.2) is 0 Å². The maximum atomic E-state index is 11.7. The summed E-state index contributed by atoms with van der Waals surface area (Å²) < 4.78 is 65.4. The third-order valence-corrected chi connectivity index (χ3v) is 8.64. The van der Waals surface area contributed by atoms with Crippen LogP contribution in [-0.4, -0.2) is 31.0 Å². The highest BCUT2D eigenvalue weighted by Gasteiger charge is 2.15. The van der Waals surface area contributed by atoms with Crippen molar-refractivity contribution in [2.75, 3.05) is 5.73 Å². The van der Waals surface area contributed by atoms with Crippen LogP contribution < -0.4 is 5.73 Å². The van der Waals surface area contributed by atoms with E-state index in [9.17, 15) is 31.0 Å². The van der Waals surface area contributed by atoms with E-state index in [0.717, 1.165) is 0 Å². The average molecular weight is 628 g/mol. The zero-order valence-electron chi connectivity index (χ0n) is 22.4. The number of phenolic OH excluding ortho intramolecular Hbond substituents is 1. The van der Waals surface area contributed by atoms with Gasteiger partial charge in [0, 0.05) is 32.6 Å². The SMILES string of the molecule is Nc1ccc(N=Nc2ccc(N=Nc3c(O)ccc4cc(S(=O)(=O)O)ccc34)c3ccccc23)c2cc(S(=O)(=O)O)ccc12. The summed E-state index contributed by atoms with van der Waals surface area (Å²) >= 11 is 0. The third kappa shape index (κ3) is 5.45.